The molecule has 1 rings (SSSR count). The van der Waals surface area contributed by atoms with E-state index in [1.807, 2.05) is 0 Å². The van der Waals surface area contributed by atoms with Crippen molar-refractivity contribution >= 4 is 30.1 Å². The molecule has 1 unspecified atom stereocenters. The summed E-state index contributed by atoms with van der Waals surface area (Å²) in [5, 5.41) is 3.03. The van der Waals surface area contributed by atoms with Gasteiger partial charge in [0, 0.05) is 12.6 Å². The van der Waals surface area contributed by atoms with Gasteiger partial charge in [-0.25, -0.2) is 0 Å². The van der Waals surface area contributed by atoms with Crippen LogP contribution >= 0.6 is 24.2 Å². The maximum Gasteiger partial charge on any atom is 0.230 e. The Balaban J connectivity index is 0.00000256. The molecule has 0 aromatic rings. The van der Waals surface area contributed by atoms with E-state index in [0.29, 0.717) is 18.2 Å². The summed E-state index contributed by atoms with van der Waals surface area (Å²) in [6.45, 7) is 4.99. The van der Waals surface area contributed by atoms with E-state index in [2.05, 4.69) is 19.2 Å². The van der Waals surface area contributed by atoms with E-state index in [0.717, 1.165) is 11.7 Å². The van der Waals surface area contributed by atoms with Crippen LogP contribution < -0.4 is 11.1 Å². The van der Waals surface area contributed by atoms with Crippen LogP contribution in [0.5, 0.6) is 0 Å². The minimum Gasteiger partial charge on any atom is -0.351 e. The molecular weight excluding hydrogens is 256 g/mol. The van der Waals surface area contributed by atoms with Crippen molar-refractivity contribution in [1.29, 1.82) is 0 Å². The molecule has 0 spiro atoms. The summed E-state index contributed by atoms with van der Waals surface area (Å²) in [5.74, 6) is 3.17. The quantitative estimate of drug-likeness (QED) is 0.669. The number of carbonyl (C=O) groups is 1. The van der Waals surface area contributed by atoms with Crippen LogP contribution in [0.25, 0.3) is 0 Å². The van der Waals surface area contributed by atoms with Crippen molar-refractivity contribution < 1.29 is 4.79 Å². The van der Waals surface area contributed by atoms with Gasteiger partial charge >= 0.3 is 0 Å². The van der Waals surface area contributed by atoms with Crippen LogP contribution in [-0.4, -0.2) is 30.0 Å². The second kappa shape index (κ2) is 9.06. The molecule has 102 valence electrons. The minimum absolute atomic E-state index is 0. The number of nitrogens with two attached hydrogens (primary N) is 1. The van der Waals surface area contributed by atoms with Gasteiger partial charge in [-0.3, -0.25) is 4.79 Å². The molecule has 0 bridgehead atoms. The van der Waals surface area contributed by atoms with E-state index in [4.69, 9.17) is 5.73 Å². The van der Waals surface area contributed by atoms with Crippen LogP contribution in [0.15, 0.2) is 0 Å². The molecule has 0 aromatic carbocycles. The van der Waals surface area contributed by atoms with E-state index in [-0.39, 0.29) is 24.4 Å². The molecule has 0 radical (unpaired) electrons. The fourth-order valence-corrected chi connectivity index (χ4v) is 2.65. The zero-order valence-electron chi connectivity index (χ0n) is 10.8. The Kier molecular flexibility index (Phi) is 9.10. The lowest BCUT2D eigenvalue weighted by Gasteiger charge is -2.15. The second-order valence-electron chi connectivity index (χ2n) is 4.98. The molecule has 17 heavy (non-hydrogen) atoms. The lowest BCUT2D eigenvalue weighted by Crippen LogP contribution is -2.42. The van der Waals surface area contributed by atoms with E-state index < -0.39 is 0 Å². The molecule has 0 aliphatic heterocycles. The molecule has 1 atom stereocenters. The van der Waals surface area contributed by atoms with Gasteiger partial charge in [0.25, 0.3) is 0 Å². The maximum atomic E-state index is 11.6. The molecule has 1 saturated carbocycles. The minimum atomic E-state index is 0. The molecule has 0 aromatic heterocycles. The van der Waals surface area contributed by atoms with Gasteiger partial charge in [-0.2, -0.15) is 11.8 Å². The summed E-state index contributed by atoms with van der Waals surface area (Å²) in [5.41, 5.74) is 5.64. The lowest BCUT2D eigenvalue weighted by atomic mass is 10.2. The smallest absolute Gasteiger partial charge is 0.230 e. The van der Waals surface area contributed by atoms with Gasteiger partial charge in [-0.1, -0.05) is 13.8 Å². The third-order valence-electron chi connectivity index (χ3n) is 2.86. The van der Waals surface area contributed by atoms with Crippen LogP contribution in [0.2, 0.25) is 0 Å². The Bertz CT molecular complexity index is 223. The molecule has 1 amide bonds. The molecule has 3 nitrogen and oxygen atoms in total. The summed E-state index contributed by atoms with van der Waals surface area (Å²) in [4.78, 5) is 11.6. The third kappa shape index (κ3) is 7.90. The molecule has 1 aliphatic carbocycles. The van der Waals surface area contributed by atoms with Crippen LogP contribution in [0.4, 0.5) is 0 Å². The highest BCUT2D eigenvalue weighted by molar-refractivity contribution is 7.99. The SMILES string of the molecule is CC(C)CCSCC(=O)NC(CN)C1CC1.Cl. The summed E-state index contributed by atoms with van der Waals surface area (Å²) >= 11 is 1.72. The highest BCUT2D eigenvalue weighted by Crippen LogP contribution is 2.32. The average molecular weight is 281 g/mol. The number of halogens is 1. The van der Waals surface area contributed by atoms with Crippen LogP contribution in [0.1, 0.15) is 33.1 Å². The largest absolute Gasteiger partial charge is 0.351 e. The summed E-state index contributed by atoms with van der Waals surface area (Å²) in [7, 11) is 0. The fourth-order valence-electron chi connectivity index (χ4n) is 1.60. The normalized spacial score (nSPS) is 16.5. The monoisotopic (exact) mass is 280 g/mol. The average Bonchev–Trinajstić information content (AvgIpc) is 3.04. The van der Waals surface area contributed by atoms with E-state index in [9.17, 15) is 4.79 Å². The number of thioether (sulfide) groups is 1. The number of amides is 1. The molecule has 1 fully saturated rings. The van der Waals surface area contributed by atoms with Gasteiger partial charge in [0.05, 0.1) is 5.75 Å². The van der Waals surface area contributed by atoms with Crippen molar-refractivity contribution in [3.63, 3.8) is 0 Å². The molecule has 5 heteroatoms. The van der Waals surface area contributed by atoms with E-state index in [1.165, 1.54) is 19.3 Å². The number of hydrogen-bond donors (Lipinski definition) is 2. The zero-order chi connectivity index (χ0) is 12.0. The van der Waals surface area contributed by atoms with Crippen LogP contribution in [0.3, 0.4) is 0 Å². The molecule has 0 heterocycles. The first-order valence-electron chi connectivity index (χ1n) is 6.20. The van der Waals surface area contributed by atoms with Crippen molar-refractivity contribution in [2.45, 2.75) is 39.2 Å². The van der Waals surface area contributed by atoms with Gasteiger partial charge in [-0.15, -0.1) is 12.4 Å². The Morgan fingerprint density at radius 3 is 2.59 bits per heavy atom. The Labute approximate surface area is 115 Å². The number of rotatable bonds is 8. The highest BCUT2D eigenvalue weighted by atomic mass is 35.5. The third-order valence-corrected chi connectivity index (χ3v) is 3.85. The Hall–Kier alpha value is 0.0700. The fraction of sp³-hybridized carbons (Fsp3) is 0.917. The molecular formula is C12H25ClN2OS. The van der Waals surface area contributed by atoms with Crippen molar-refractivity contribution in [3.8, 4) is 0 Å². The van der Waals surface area contributed by atoms with Crippen molar-refractivity contribution in [1.82, 2.24) is 5.32 Å². The maximum absolute atomic E-state index is 11.6. The second-order valence-corrected chi connectivity index (χ2v) is 6.09. The highest BCUT2D eigenvalue weighted by Gasteiger charge is 2.30. The van der Waals surface area contributed by atoms with Crippen LogP contribution in [0, 0.1) is 11.8 Å². The van der Waals surface area contributed by atoms with Crippen molar-refractivity contribution in [3.05, 3.63) is 0 Å². The zero-order valence-corrected chi connectivity index (χ0v) is 12.4. The van der Waals surface area contributed by atoms with E-state index >= 15 is 0 Å². The Morgan fingerprint density at radius 1 is 1.47 bits per heavy atom. The van der Waals surface area contributed by atoms with E-state index in [1.54, 1.807) is 11.8 Å². The predicted octanol–water partition coefficient (Wildman–Crippen LogP) is 2.04. The lowest BCUT2D eigenvalue weighted by molar-refractivity contribution is -0.119. The first-order chi connectivity index (χ1) is 7.63. The van der Waals surface area contributed by atoms with Gasteiger partial charge in [-0.05, 0) is 36.9 Å². The standard InChI is InChI=1S/C12H24N2OS.ClH/c1-9(2)5-6-16-8-12(15)14-11(7-13)10-3-4-10;/h9-11H,3-8,13H2,1-2H3,(H,14,15);1H. The van der Waals surface area contributed by atoms with Crippen LogP contribution in [-0.2, 0) is 4.79 Å². The van der Waals surface area contributed by atoms with Gasteiger partial charge in [0.15, 0.2) is 0 Å². The van der Waals surface area contributed by atoms with Crippen molar-refractivity contribution in [2.75, 3.05) is 18.1 Å². The first kappa shape index (κ1) is 17.1. The number of carbonyl (C=O) groups excluding carboxylic acids is 1. The van der Waals surface area contributed by atoms with Gasteiger partial charge in [0.1, 0.15) is 0 Å². The summed E-state index contributed by atoms with van der Waals surface area (Å²) in [6, 6.07) is 0.221. The predicted molar refractivity (Wildman–Crippen MR) is 77.7 cm³/mol. The molecule has 1 aliphatic rings. The summed E-state index contributed by atoms with van der Waals surface area (Å²) < 4.78 is 0. The Morgan fingerprint density at radius 2 is 2.12 bits per heavy atom. The topological polar surface area (TPSA) is 55.1 Å². The van der Waals surface area contributed by atoms with Gasteiger partial charge in [0.2, 0.25) is 5.91 Å². The number of nitrogens with one attached hydrogen (secondary N) is 1. The van der Waals surface area contributed by atoms with Gasteiger partial charge < -0.3 is 11.1 Å². The summed E-state index contributed by atoms with van der Waals surface area (Å²) in [6.07, 6.45) is 3.63. The first-order valence-corrected chi connectivity index (χ1v) is 7.36. The molecule has 0 saturated heterocycles. The van der Waals surface area contributed by atoms with Crippen molar-refractivity contribution in [2.24, 2.45) is 17.6 Å². The number of hydrogen-bond acceptors (Lipinski definition) is 3. The molecule has 3 N–H and O–H groups in total.